The number of thiazole rings is 1. The molecule has 1 aromatic heterocycles. The number of hydrogen-bond donors (Lipinski definition) is 2. The van der Waals surface area contributed by atoms with Crippen molar-refractivity contribution in [1.29, 1.82) is 5.26 Å². The van der Waals surface area contributed by atoms with Crippen LogP contribution in [0.15, 0.2) is 11.6 Å². The summed E-state index contributed by atoms with van der Waals surface area (Å²) in [6, 6.07) is 1.72. The predicted molar refractivity (Wildman–Crippen MR) is 62.2 cm³/mol. The maximum absolute atomic E-state index is 11.3. The van der Waals surface area contributed by atoms with Gasteiger partial charge in [-0.3, -0.25) is 9.59 Å². The van der Waals surface area contributed by atoms with Crippen LogP contribution in [0.1, 0.15) is 17.8 Å². The summed E-state index contributed by atoms with van der Waals surface area (Å²) in [4.78, 5) is 26.5. The van der Waals surface area contributed by atoms with E-state index in [-0.39, 0.29) is 12.5 Å². The molecular formula is C10H12N4O2S. The Labute approximate surface area is 103 Å². The van der Waals surface area contributed by atoms with Crippen molar-refractivity contribution in [2.45, 2.75) is 12.8 Å². The largest absolute Gasteiger partial charge is 0.347 e. The van der Waals surface area contributed by atoms with E-state index in [0.29, 0.717) is 6.54 Å². The molecule has 0 aliphatic heterocycles. The van der Waals surface area contributed by atoms with Gasteiger partial charge in [-0.1, -0.05) is 6.92 Å². The first-order valence-electron chi connectivity index (χ1n) is 4.97. The molecule has 0 saturated carbocycles. The van der Waals surface area contributed by atoms with Gasteiger partial charge in [-0.25, -0.2) is 4.98 Å². The zero-order chi connectivity index (χ0) is 12.7. The molecule has 0 radical (unpaired) electrons. The molecule has 90 valence electrons. The highest BCUT2D eigenvalue weighted by Gasteiger charge is 2.15. The monoisotopic (exact) mass is 252 g/mol. The Morgan fingerprint density at radius 2 is 2.24 bits per heavy atom. The molecule has 17 heavy (non-hydrogen) atoms. The third-order valence-electron chi connectivity index (χ3n) is 1.98. The van der Waals surface area contributed by atoms with Crippen LogP contribution in [0.3, 0.4) is 0 Å². The molecule has 0 aliphatic carbocycles. The molecule has 0 saturated heterocycles. The molecule has 2 amide bonds. The van der Waals surface area contributed by atoms with E-state index in [0.717, 1.165) is 5.01 Å². The first-order chi connectivity index (χ1) is 8.15. The smallest absolute Gasteiger partial charge is 0.310 e. The summed E-state index contributed by atoms with van der Waals surface area (Å²) < 4.78 is 0. The van der Waals surface area contributed by atoms with Crippen molar-refractivity contribution in [1.82, 2.24) is 15.6 Å². The second-order valence-electron chi connectivity index (χ2n) is 3.32. The lowest BCUT2D eigenvalue weighted by Gasteiger charge is -2.09. The van der Waals surface area contributed by atoms with E-state index in [9.17, 15) is 9.59 Å². The van der Waals surface area contributed by atoms with Crippen LogP contribution in [0.5, 0.6) is 0 Å². The third-order valence-corrected chi connectivity index (χ3v) is 2.98. The van der Waals surface area contributed by atoms with Crippen LogP contribution in [-0.4, -0.2) is 29.9 Å². The number of aromatic nitrogens is 1. The summed E-state index contributed by atoms with van der Waals surface area (Å²) >= 11 is 1.50. The van der Waals surface area contributed by atoms with Gasteiger partial charge < -0.3 is 10.6 Å². The first-order valence-corrected chi connectivity index (χ1v) is 5.85. The van der Waals surface area contributed by atoms with E-state index in [1.54, 1.807) is 12.3 Å². The quantitative estimate of drug-likeness (QED) is 0.582. The Bertz CT molecular complexity index is 424. The average Bonchev–Trinajstić information content (AvgIpc) is 2.86. The third kappa shape index (κ3) is 4.20. The molecule has 0 aromatic carbocycles. The van der Waals surface area contributed by atoms with Crippen molar-refractivity contribution in [3.63, 3.8) is 0 Å². The molecule has 1 heterocycles. The Balaban J connectivity index is 2.33. The number of nitrogens with one attached hydrogen (secondary N) is 2. The minimum Gasteiger partial charge on any atom is -0.347 e. The summed E-state index contributed by atoms with van der Waals surface area (Å²) in [5, 5.41) is 15.6. The van der Waals surface area contributed by atoms with Crippen LogP contribution in [-0.2, 0) is 9.59 Å². The Kier molecular flexibility index (Phi) is 5.10. The maximum atomic E-state index is 11.3. The van der Waals surface area contributed by atoms with Gasteiger partial charge in [0.25, 0.3) is 0 Å². The van der Waals surface area contributed by atoms with Crippen LogP contribution in [0, 0.1) is 11.3 Å². The highest BCUT2D eigenvalue weighted by Crippen LogP contribution is 2.16. The van der Waals surface area contributed by atoms with Gasteiger partial charge >= 0.3 is 11.8 Å². The van der Waals surface area contributed by atoms with Crippen LogP contribution in [0.25, 0.3) is 0 Å². The maximum Gasteiger partial charge on any atom is 0.310 e. The Hall–Kier alpha value is -1.94. The predicted octanol–water partition coefficient (Wildman–Crippen LogP) is 0.00258. The standard InChI is InChI=1S/C10H12N4O2S/c1-7(10-13-4-5-17-10)6-14-9(16)8(15)12-3-2-11/h4-5,7H,3,6H2,1H3,(H,12,15)(H,14,16). The molecule has 2 N–H and O–H groups in total. The van der Waals surface area contributed by atoms with Crippen molar-refractivity contribution in [2.75, 3.05) is 13.1 Å². The summed E-state index contributed by atoms with van der Waals surface area (Å²) in [6.07, 6.45) is 1.69. The van der Waals surface area contributed by atoms with Crippen molar-refractivity contribution in [3.05, 3.63) is 16.6 Å². The minimum atomic E-state index is -0.794. The second kappa shape index (κ2) is 6.60. The first kappa shape index (κ1) is 13.1. The van der Waals surface area contributed by atoms with E-state index in [1.165, 1.54) is 11.3 Å². The molecule has 0 fully saturated rings. The summed E-state index contributed by atoms with van der Waals surface area (Å²) in [6.45, 7) is 2.08. The lowest BCUT2D eigenvalue weighted by Crippen LogP contribution is -2.41. The van der Waals surface area contributed by atoms with Crippen molar-refractivity contribution >= 4 is 23.2 Å². The van der Waals surface area contributed by atoms with E-state index >= 15 is 0 Å². The molecule has 0 spiro atoms. The van der Waals surface area contributed by atoms with Crippen molar-refractivity contribution in [2.24, 2.45) is 0 Å². The molecule has 1 aromatic rings. The van der Waals surface area contributed by atoms with Gasteiger partial charge in [0.2, 0.25) is 0 Å². The number of rotatable bonds is 4. The van der Waals surface area contributed by atoms with Gasteiger partial charge in [0.05, 0.1) is 11.1 Å². The fourth-order valence-electron chi connectivity index (χ4n) is 1.09. The van der Waals surface area contributed by atoms with Gasteiger partial charge in [-0.15, -0.1) is 11.3 Å². The van der Waals surface area contributed by atoms with E-state index in [2.05, 4.69) is 15.6 Å². The Morgan fingerprint density at radius 1 is 1.53 bits per heavy atom. The van der Waals surface area contributed by atoms with E-state index in [4.69, 9.17) is 5.26 Å². The average molecular weight is 252 g/mol. The van der Waals surface area contributed by atoms with Crippen molar-refractivity contribution < 1.29 is 9.59 Å². The number of carbonyl (C=O) groups is 2. The van der Waals surface area contributed by atoms with Gasteiger partial charge in [0.15, 0.2) is 0 Å². The zero-order valence-corrected chi connectivity index (χ0v) is 10.1. The molecule has 7 heteroatoms. The fraction of sp³-hybridized carbons (Fsp3) is 0.400. The molecule has 1 atom stereocenters. The highest BCUT2D eigenvalue weighted by atomic mass is 32.1. The number of amides is 2. The lowest BCUT2D eigenvalue weighted by molar-refractivity contribution is -0.139. The number of nitrogens with zero attached hydrogens (tertiary/aromatic N) is 2. The lowest BCUT2D eigenvalue weighted by atomic mass is 10.2. The van der Waals surface area contributed by atoms with E-state index < -0.39 is 11.8 Å². The molecular weight excluding hydrogens is 240 g/mol. The fourth-order valence-corrected chi connectivity index (χ4v) is 1.79. The molecule has 1 rings (SSSR count). The number of hydrogen-bond acceptors (Lipinski definition) is 5. The van der Waals surface area contributed by atoms with Gasteiger partial charge in [-0.2, -0.15) is 5.26 Å². The van der Waals surface area contributed by atoms with E-state index in [1.807, 2.05) is 12.3 Å². The van der Waals surface area contributed by atoms with Crippen molar-refractivity contribution in [3.8, 4) is 6.07 Å². The summed E-state index contributed by atoms with van der Waals surface area (Å²) in [5.74, 6) is -1.47. The summed E-state index contributed by atoms with van der Waals surface area (Å²) in [5.41, 5.74) is 0. The number of nitriles is 1. The second-order valence-corrected chi connectivity index (χ2v) is 4.25. The molecule has 1 unspecified atom stereocenters. The Morgan fingerprint density at radius 3 is 2.82 bits per heavy atom. The minimum absolute atomic E-state index is 0.0581. The van der Waals surface area contributed by atoms with Crippen LogP contribution in [0.4, 0.5) is 0 Å². The SMILES string of the molecule is CC(CNC(=O)C(=O)NCC#N)c1nccs1. The topological polar surface area (TPSA) is 94.9 Å². The normalized spacial score (nSPS) is 11.3. The van der Waals surface area contributed by atoms with Crippen LogP contribution < -0.4 is 10.6 Å². The van der Waals surface area contributed by atoms with Gasteiger partial charge in [0.1, 0.15) is 6.54 Å². The molecule has 0 aliphatic rings. The molecule has 6 nitrogen and oxygen atoms in total. The van der Waals surface area contributed by atoms with Crippen LogP contribution >= 0.6 is 11.3 Å². The molecule has 0 bridgehead atoms. The highest BCUT2D eigenvalue weighted by molar-refractivity contribution is 7.09. The summed E-state index contributed by atoms with van der Waals surface area (Å²) in [7, 11) is 0. The zero-order valence-electron chi connectivity index (χ0n) is 9.27. The van der Waals surface area contributed by atoms with Crippen LogP contribution in [0.2, 0.25) is 0 Å². The van der Waals surface area contributed by atoms with Gasteiger partial charge in [0, 0.05) is 24.0 Å². The van der Waals surface area contributed by atoms with Gasteiger partial charge in [-0.05, 0) is 0 Å². The number of carbonyl (C=O) groups excluding carboxylic acids is 2.